The fraction of sp³-hybridized carbons (Fsp3) is 0.429. The van der Waals surface area contributed by atoms with Crippen molar-refractivity contribution in [1.29, 1.82) is 0 Å². The molecule has 3 rings (SSSR count). The molecule has 1 unspecified atom stereocenters. The molecule has 1 aliphatic heterocycles. The topological polar surface area (TPSA) is 96.0 Å². The molecule has 2 amide bonds. The second-order valence-electron chi connectivity index (χ2n) is 7.82. The van der Waals surface area contributed by atoms with Gasteiger partial charge in [0.2, 0.25) is 15.9 Å². The van der Waals surface area contributed by atoms with Crippen LogP contribution in [-0.2, 0) is 26.2 Å². The van der Waals surface area contributed by atoms with Crippen molar-refractivity contribution in [3.8, 4) is 5.75 Å². The number of anilines is 1. The summed E-state index contributed by atoms with van der Waals surface area (Å²) in [6.07, 6.45) is -0.720. The van der Waals surface area contributed by atoms with Crippen molar-refractivity contribution in [2.24, 2.45) is 0 Å². The molecule has 0 bridgehead atoms. The number of nitrogens with one attached hydrogen (secondary N) is 1. The van der Waals surface area contributed by atoms with Crippen LogP contribution in [0.5, 0.6) is 5.75 Å². The van der Waals surface area contributed by atoms with Crippen molar-refractivity contribution in [2.75, 3.05) is 18.9 Å². The first-order valence-electron chi connectivity index (χ1n) is 9.91. The van der Waals surface area contributed by atoms with E-state index in [-0.39, 0.29) is 35.0 Å². The third-order valence-corrected chi connectivity index (χ3v) is 7.91. The number of nitrogens with zero attached hydrogens (tertiary/aromatic N) is 2. The van der Waals surface area contributed by atoms with Crippen LogP contribution in [0, 0.1) is 6.92 Å². The maximum absolute atomic E-state index is 13.2. The van der Waals surface area contributed by atoms with Gasteiger partial charge in [0.1, 0.15) is 5.75 Å². The molecule has 1 N–H and O–H groups in total. The van der Waals surface area contributed by atoms with Crippen molar-refractivity contribution in [2.45, 2.75) is 51.3 Å². The smallest absolute Gasteiger partial charge is 0.265 e. The molecule has 1 aromatic heterocycles. The van der Waals surface area contributed by atoms with E-state index in [1.54, 1.807) is 36.2 Å². The third kappa shape index (κ3) is 4.91. The normalized spacial score (nSPS) is 16.1. The lowest BCUT2D eigenvalue weighted by Gasteiger charge is -2.29. The second kappa shape index (κ2) is 8.97. The van der Waals surface area contributed by atoms with Crippen molar-refractivity contribution < 1.29 is 22.7 Å². The first-order valence-corrected chi connectivity index (χ1v) is 12.2. The van der Waals surface area contributed by atoms with Gasteiger partial charge in [-0.1, -0.05) is 6.07 Å². The Morgan fingerprint density at radius 2 is 2.03 bits per heavy atom. The number of likely N-dealkylation sites (N-methyl/N-ethyl adjacent to an activating group) is 1. The standard InChI is InChI=1S/C21H27N3O5S2/c1-13(2)24(11-16-7-6-8-30-16)20(25)12-23(5)31(27,28)19-10-18-17(9-14(19)3)22-21(26)15(4)29-18/h6-10,13,15H,11-12H2,1-5H3,(H,22,26). The predicted octanol–water partition coefficient (Wildman–Crippen LogP) is 2.83. The minimum atomic E-state index is -3.95. The first-order chi connectivity index (χ1) is 14.5. The number of sulfonamides is 1. The van der Waals surface area contributed by atoms with Gasteiger partial charge < -0.3 is 15.0 Å². The Bertz CT molecular complexity index is 1080. The lowest BCUT2D eigenvalue weighted by atomic mass is 10.1. The summed E-state index contributed by atoms with van der Waals surface area (Å²) in [7, 11) is -2.56. The van der Waals surface area contributed by atoms with Gasteiger partial charge in [0, 0.05) is 24.0 Å². The van der Waals surface area contributed by atoms with Crippen LogP contribution in [0.15, 0.2) is 34.5 Å². The number of carbonyl (C=O) groups is 2. The van der Waals surface area contributed by atoms with Crippen molar-refractivity contribution >= 4 is 38.9 Å². The number of aryl methyl sites for hydroxylation is 1. The quantitative estimate of drug-likeness (QED) is 0.678. The van der Waals surface area contributed by atoms with Crippen LogP contribution in [0.25, 0.3) is 0 Å². The maximum atomic E-state index is 13.2. The van der Waals surface area contributed by atoms with E-state index in [0.717, 1.165) is 9.18 Å². The zero-order valence-corrected chi connectivity index (χ0v) is 19.8. The SMILES string of the molecule is Cc1cc2c(cc1S(=O)(=O)N(C)CC(=O)N(Cc1cccs1)C(C)C)OC(C)C(=O)N2. The van der Waals surface area contributed by atoms with Gasteiger partial charge in [-0.2, -0.15) is 4.31 Å². The molecule has 8 nitrogen and oxygen atoms in total. The van der Waals surface area contributed by atoms with E-state index >= 15 is 0 Å². The molecule has 168 valence electrons. The lowest BCUT2D eigenvalue weighted by Crippen LogP contribution is -2.43. The van der Waals surface area contributed by atoms with Crippen LogP contribution in [0.3, 0.4) is 0 Å². The highest BCUT2D eigenvalue weighted by Crippen LogP contribution is 2.35. The molecule has 1 aliphatic rings. The van der Waals surface area contributed by atoms with Crippen LogP contribution in [-0.4, -0.2) is 55.2 Å². The Morgan fingerprint density at radius 3 is 2.65 bits per heavy atom. The summed E-state index contributed by atoms with van der Waals surface area (Å²) in [6, 6.07) is 6.77. The Balaban J connectivity index is 1.82. The fourth-order valence-corrected chi connectivity index (χ4v) is 5.32. The Morgan fingerprint density at radius 1 is 1.32 bits per heavy atom. The van der Waals surface area contributed by atoms with E-state index in [1.165, 1.54) is 13.1 Å². The molecule has 31 heavy (non-hydrogen) atoms. The highest BCUT2D eigenvalue weighted by molar-refractivity contribution is 7.89. The summed E-state index contributed by atoms with van der Waals surface area (Å²) >= 11 is 1.55. The van der Waals surface area contributed by atoms with Crippen molar-refractivity contribution in [3.63, 3.8) is 0 Å². The van der Waals surface area contributed by atoms with Crippen molar-refractivity contribution in [3.05, 3.63) is 40.1 Å². The number of fused-ring (bicyclic) bond motifs is 1. The highest BCUT2D eigenvalue weighted by Gasteiger charge is 2.31. The monoisotopic (exact) mass is 465 g/mol. The number of amides is 2. The van der Waals surface area contributed by atoms with Crippen LogP contribution in [0.2, 0.25) is 0 Å². The number of thiophene rings is 1. The number of ether oxygens (including phenoxy) is 1. The molecule has 0 saturated heterocycles. The minimum Gasteiger partial charge on any atom is -0.479 e. The van der Waals surface area contributed by atoms with Gasteiger partial charge in [-0.05, 0) is 50.8 Å². The largest absolute Gasteiger partial charge is 0.479 e. The molecule has 2 heterocycles. The van der Waals surface area contributed by atoms with Crippen LogP contribution < -0.4 is 10.1 Å². The minimum absolute atomic E-state index is 0.0410. The zero-order chi connectivity index (χ0) is 22.9. The van der Waals surface area contributed by atoms with Crippen LogP contribution >= 0.6 is 11.3 Å². The van der Waals surface area contributed by atoms with Gasteiger partial charge in [0.05, 0.1) is 23.7 Å². The molecule has 0 aliphatic carbocycles. The fourth-order valence-electron chi connectivity index (χ4n) is 3.28. The molecule has 1 atom stereocenters. The molecule has 0 radical (unpaired) electrons. The van der Waals surface area contributed by atoms with E-state index in [4.69, 9.17) is 4.74 Å². The van der Waals surface area contributed by atoms with Crippen molar-refractivity contribution in [1.82, 2.24) is 9.21 Å². The van der Waals surface area contributed by atoms with Crippen LogP contribution in [0.1, 0.15) is 31.2 Å². The summed E-state index contributed by atoms with van der Waals surface area (Å²) in [6.45, 7) is 7.19. The molecule has 0 spiro atoms. The van der Waals surface area contributed by atoms with E-state index in [9.17, 15) is 18.0 Å². The number of benzene rings is 1. The van der Waals surface area contributed by atoms with Gasteiger partial charge in [0.15, 0.2) is 6.10 Å². The molecule has 2 aromatic rings. The maximum Gasteiger partial charge on any atom is 0.265 e. The summed E-state index contributed by atoms with van der Waals surface area (Å²) < 4.78 is 33.1. The number of hydrogen-bond donors (Lipinski definition) is 1. The molecule has 10 heteroatoms. The van der Waals surface area contributed by atoms with E-state index in [0.29, 0.717) is 17.8 Å². The Labute approximate surface area is 186 Å². The van der Waals surface area contributed by atoms with Gasteiger partial charge in [-0.15, -0.1) is 11.3 Å². The van der Waals surface area contributed by atoms with E-state index in [2.05, 4.69) is 5.32 Å². The summed E-state index contributed by atoms with van der Waals surface area (Å²) in [5, 5.41) is 4.65. The highest BCUT2D eigenvalue weighted by atomic mass is 32.2. The Kier molecular flexibility index (Phi) is 6.73. The Hall–Kier alpha value is -2.43. The summed E-state index contributed by atoms with van der Waals surface area (Å²) in [5.74, 6) is -0.274. The van der Waals surface area contributed by atoms with Gasteiger partial charge in [0.25, 0.3) is 5.91 Å². The van der Waals surface area contributed by atoms with Gasteiger partial charge in [-0.25, -0.2) is 8.42 Å². The zero-order valence-electron chi connectivity index (χ0n) is 18.2. The van der Waals surface area contributed by atoms with E-state index < -0.39 is 16.1 Å². The van der Waals surface area contributed by atoms with Crippen LogP contribution in [0.4, 0.5) is 5.69 Å². The summed E-state index contributed by atoms with van der Waals surface area (Å²) in [5.41, 5.74) is 0.885. The summed E-state index contributed by atoms with van der Waals surface area (Å²) in [4.78, 5) is 27.5. The molecular formula is C21H27N3O5S2. The molecule has 1 aromatic carbocycles. The number of rotatable bonds is 7. The lowest BCUT2D eigenvalue weighted by molar-refractivity contribution is -0.133. The second-order valence-corrected chi connectivity index (χ2v) is 10.9. The van der Waals surface area contributed by atoms with Gasteiger partial charge in [-0.3, -0.25) is 9.59 Å². The molecule has 0 saturated carbocycles. The van der Waals surface area contributed by atoms with Gasteiger partial charge >= 0.3 is 0 Å². The first kappa shape index (κ1) is 23.2. The molecular weight excluding hydrogens is 438 g/mol. The number of hydrogen-bond acceptors (Lipinski definition) is 6. The van der Waals surface area contributed by atoms with E-state index in [1.807, 2.05) is 31.4 Å². The number of carbonyl (C=O) groups excluding carboxylic acids is 2. The predicted molar refractivity (Wildman–Crippen MR) is 120 cm³/mol. The molecule has 0 fully saturated rings. The average molecular weight is 466 g/mol. The average Bonchev–Trinajstić information content (AvgIpc) is 3.19. The third-order valence-electron chi connectivity index (χ3n) is 5.10.